The Morgan fingerprint density at radius 2 is 1.92 bits per heavy atom. The zero-order chi connectivity index (χ0) is 18.6. The second kappa shape index (κ2) is 7.98. The predicted molar refractivity (Wildman–Crippen MR) is 92.6 cm³/mol. The molecule has 5 nitrogen and oxygen atoms in total. The number of halogens is 2. The van der Waals surface area contributed by atoms with Gasteiger partial charge in [-0.05, 0) is 49.7 Å². The number of amides is 1. The SMILES string of the molecule is COc1ccc(Cl)cc1NC(=O)[C@H](C)OC(=O)c1ccc(C)c(F)c1. The molecule has 0 aliphatic rings. The van der Waals surface area contributed by atoms with E-state index in [2.05, 4.69) is 5.32 Å². The lowest BCUT2D eigenvalue weighted by atomic mass is 10.1. The van der Waals surface area contributed by atoms with Gasteiger partial charge in [0.15, 0.2) is 6.10 Å². The molecule has 0 fully saturated rings. The third-order valence-electron chi connectivity index (χ3n) is 3.48. The van der Waals surface area contributed by atoms with Gasteiger partial charge in [-0.2, -0.15) is 0 Å². The number of carbonyl (C=O) groups is 2. The van der Waals surface area contributed by atoms with Crippen LogP contribution in [0.3, 0.4) is 0 Å². The fourth-order valence-corrected chi connectivity index (χ4v) is 2.19. The van der Waals surface area contributed by atoms with Crippen molar-refractivity contribution in [1.82, 2.24) is 0 Å². The smallest absolute Gasteiger partial charge is 0.339 e. The van der Waals surface area contributed by atoms with Crippen LogP contribution in [0.1, 0.15) is 22.8 Å². The Bertz CT molecular complexity index is 810. The Kier molecular flexibility index (Phi) is 5.98. The molecule has 0 aliphatic carbocycles. The molecular formula is C18H17ClFNO4. The van der Waals surface area contributed by atoms with Crippen molar-refractivity contribution in [2.45, 2.75) is 20.0 Å². The van der Waals surface area contributed by atoms with Crippen molar-refractivity contribution < 1.29 is 23.5 Å². The molecule has 0 saturated carbocycles. The first-order valence-corrected chi connectivity index (χ1v) is 7.81. The number of ether oxygens (including phenoxy) is 2. The number of carbonyl (C=O) groups excluding carboxylic acids is 2. The second-order valence-corrected chi connectivity index (χ2v) is 5.78. The van der Waals surface area contributed by atoms with Crippen LogP contribution < -0.4 is 10.1 Å². The van der Waals surface area contributed by atoms with Gasteiger partial charge in [-0.15, -0.1) is 0 Å². The summed E-state index contributed by atoms with van der Waals surface area (Å²) in [5, 5.41) is 2.99. The fourth-order valence-electron chi connectivity index (χ4n) is 2.01. The van der Waals surface area contributed by atoms with Crippen LogP contribution in [0.4, 0.5) is 10.1 Å². The normalized spacial score (nSPS) is 11.6. The molecule has 2 aromatic rings. The molecule has 2 rings (SSSR count). The van der Waals surface area contributed by atoms with Gasteiger partial charge in [0.2, 0.25) is 0 Å². The molecule has 2 aromatic carbocycles. The van der Waals surface area contributed by atoms with Crippen LogP contribution in [0.15, 0.2) is 36.4 Å². The molecule has 0 radical (unpaired) electrons. The van der Waals surface area contributed by atoms with E-state index >= 15 is 0 Å². The minimum absolute atomic E-state index is 0.0306. The molecule has 0 saturated heterocycles. The number of anilines is 1. The lowest BCUT2D eigenvalue weighted by molar-refractivity contribution is -0.123. The third-order valence-corrected chi connectivity index (χ3v) is 3.72. The van der Waals surface area contributed by atoms with Crippen molar-refractivity contribution in [3.05, 3.63) is 58.4 Å². The largest absolute Gasteiger partial charge is 0.495 e. The third kappa shape index (κ3) is 4.70. The number of methoxy groups -OCH3 is 1. The topological polar surface area (TPSA) is 64.6 Å². The average molecular weight is 366 g/mol. The predicted octanol–water partition coefficient (Wildman–Crippen LogP) is 3.98. The van der Waals surface area contributed by atoms with E-state index in [4.69, 9.17) is 21.1 Å². The maximum atomic E-state index is 13.5. The Balaban J connectivity index is 2.06. The van der Waals surface area contributed by atoms with Crippen molar-refractivity contribution in [1.29, 1.82) is 0 Å². The zero-order valence-electron chi connectivity index (χ0n) is 13.9. The highest BCUT2D eigenvalue weighted by Gasteiger charge is 2.21. The van der Waals surface area contributed by atoms with Crippen LogP contribution in [-0.4, -0.2) is 25.1 Å². The number of aryl methyl sites for hydroxylation is 1. The van der Waals surface area contributed by atoms with E-state index in [1.807, 2.05) is 0 Å². The van der Waals surface area contributed by atoms with Crippen molar-refractivity contribution in [3.63, 3.8) is 0 Å². The summed E-state index contributed by atoms with van der Waals surface area (Å²) in [6, 6.07) is 8.71. The van der Waals surface area contributed by atoms with Gasteiger partial charge < -0.3 is 14.8 Å². The second-order valence-electron chi connectivity index (χ2n) is 5.35. The number of nitrogens with one attached hydrogen (secondary N) is 1. The summed E-state index contributed by atoms with van der Waals surface area (Å²) in [5.41, 5.74) is 0.794. The lowest BCUT2D eigenvalue weighted by Gasteiger charge is -2.15. The lowest BCUT2D eigenvalue weighted by Crippen LogP contribution is -2.30. The highest BCUT2D eigenvalue weighted by Crippen LogP contribution is 2.27. The highest BCUT2D eigenvalue weighted by molar-refractivity contribution is 6.31. The summed E-state index contributed by atoms with van der Waals surface area (Å²) in [6.07, 6.45) is -1.10. The maximum absolute atomic E-state index is 13.5. The molecule has 0 unspecified atom stereocenters. The molecule has 0 heterocycles. The van der Waals surface area contributed by atoms with Gasteiger partial charge >= 0.3 is 5.97 Å². The Morgan fingerprint density at radius 1 is 1.20 bits per heavy atom. The van der Waals surface area contributed by atoms with Crippen molar-refractivity contribution in [2.24, 2.45) is 0 Å². The molecule has 0 aromatic heterocycles. The molecule has 25 heavy (non-hydrogen) atoms. The van der Waals surface area contributed by atoms with Crippen LogP contribution >= 0.6 is 11.6 Å². The van der Waals surface area contributed by atoms with Gasteiger partial charge in [-0.1, -0.05) is 17.7 Å². The van der Waals surface area contributed by atoms with Gasteiger partial charge in [0.05, 0.1) is 18.4 Å². The Hall–Kier alpha value is -2.60. The number of benzene rings is 2. The monoisotopic (exact) mass is 365 g/mol. The van der Waals surface area contributed by atoms with E-state index < -0.39 is 23.8 Å². The van der Waals surface area contributed by atoms with Crippen LogP contribution in [-0.2, 0) is 9.53 Å². The Morgan fingerprint density at radius 3 is 2.56 bits per heavy atom. The molecule has 1 atom stereocenters. The van der Waals surface area contributed by atoms with Gasteiger partial charge in [-0.25, -0.2) is 9.18 Å². The molecule has 1 amide bonds. The molecular weight excluding hydrogens is 349 g/mol. The van der Waals surface area contributed by atoms with Crippen molar-refractivity contribution in [2.75, 3.05) is 12.4 Å². The van der Waals surface area contributed by atoms with Crippen molar-refractivity contribution in [3.8, 4) is 5.75 Å². The number of esters is 1. The van der Waals surface area contributed by atoms with Crippen molar-refractivity contribution >= 4 is 29.2 Å². The summed E-state index contributed by atoms with van der Waals surface area (Å²) in [6.45, 7) is 2.99. The first kappa shape index (κ1) is 18.7. The number of rotatable bonds is 5. The van der Waals surface area contributed by atoms with Gasteiger partial charge in [0.25, 0.3) is 5.91 Å². The minimum atomic E-state index is -1.10. The van der Waals surface area contributed by atoms with Crippen LogP contribution in [0.25, 0.3) is 0 Å². The maximum Gasteiger partial charge on any atom is 0.339 e. The molecule has 7 heteroatoms. The summed E-state index contributed by atoms with van der Waals surface area (Å²) in [7, 11) is 1.45. The van der Waals surface area contributed by atoms with Crippen LogP contribution in [0, 0.1) is 12.7 Å². The first-order chi connectivity index (χ1) is 11.8. The summed E-state index contributed by atoms with van der Waals surface area (Å²) < 4.78 is 23.7. The molecule has 1 N–H and O–H groups in total. The minimum Gasteiger partial charge on any atom is -0.495 e. The van der Waals surface area contributed by atoms with E-state index in [-0.39, 0.29) is 5.56 Å². The van der Waals surface area contributed by atoms with E-state index in [1.165, 1.54) is 32.2 Å². The van der Waals surface area contributed by atoms with Gasteiger partial charge in [0.1, 0.15) is 11.6 Å². The standard InChI is InChI=1S/C18H17ClFNO4/c1-10-4-5-12(8-14(10)20)18(23)25-11(2)17(22)21-15-9-13(19)6-7-16(15)24-3/h4-9,11H,1-3H3,(H,21,22)/t11-/m0/s1. The van der Waals surface area contributed by atoms with E-state index in [0.29, 0.717) is 22.0 Å². The zero-order valence-corrected chi connectivity index (χ0v) is 14.7. The summed E-state index contributed by atoms with van der Waals surface area (Å²) in [5.74, 6) is -1.46. The van der Waals surface area contributed by atoms with Crippen LogP contribution in [0.2, 0.25) is 5.02 Å². The quantitative estimate of drug-likeness (QED) is 0.814. The van der Waals surface area contributed by atoms with Gasteiger partial charge in [-0.3, -0.25) is 4.79 Å². The molecule has 132 valence electrons. The first-order valence-electron chi connectivity index (χ1n) is 7.43. The molecule has 0 spiro atoms. The fraction of sp³-hybridized carbons (Fsp3) is 0.222. The molecule has 0 bridgehead atoms. The van der Waals surface area contributed by atoms with E-state index in [1.54, 1.807) is 19.1 Å². The number of hydrogen-bond acceptors (Lipinski definition) is 4. The highest BCUT2D eigenvalue weighted by atomic mass is 35.5. The van der Waals surface area contributed by atoms with Crippen LogP contribution in [0.5, 0.6) is 5.75 Å². The van der Waals surface area contributed by atoms with E-state index in [0.717, 1.165) is 6.07 Å². The summed E-state index contributed by atoms with van der Waals surface area (Å²) in [4.78, 5) is 24.3. The number of hydrogen-bond donors (Lipinski definition) is 1. The molecule has 0 aliphatic heterocycles. The van der Waals surface area contributed by atoms with E-state index in [9.17, 15) is 14.0 Å². The van der Waals surface area contributed by atoms with Gasteiger partial charge in [0, 0.05) is 5.02 Å². The summed E-state index contributed by atoms with van der Waals surface area (Å²) >= 11 is 5.90. The Labute approximate surface area is 149 Å². The average Bonchev–Trinajstić information content (AvgIpc) is 2.57.